The maximum atomic E-state index is 13.2. The van der Waals surface area contributed by atoms with Gasteiger partial charge in [0.2, 0.25) is 0 Å². The molecular formula is C19H18BrFN4O. The van der Waals surface area contributed by atoms with Crippen LogP contribution in [0.4, 0.5) is 10.2 Å². The third-order valence-corrected chi connectivity index (χ3v) is 4.51. The number of pyridine rings is 1. The van der Waals surface area contributed by atoms with Gasteiger partial charge in [-0.05, 0) is 58.6 Å². The van der Waals surface area contributed by atoms with Gasteiger partial charge in [-0.2, -0.15) is 0 Å². The summed E-state index contributed by atoms with van der Waals surface area (Å²) in [5.74, 6) is 0.978. The first-order valence-electron chi connectivity index (χ1n) is 8.29. The molecule has 0 aliphatic rings. The monoisotopic (exact) mass is 416 g/mol. The van der Waals surface area contributed by atoms with E-state index in [-0.39, 0.29) is 11.4 Å². The minimum absolute atomic E-state index is 0.167. The number of nitrogens with one attached hydrogen (secondary N) is 2. The third-order valence-electron chi connectivity index (χ3n) is 3.90. The van der Waals surface area contributed by atoms with Gasteiger partial charge in [-0.15, -0.1) is 0 Å². The lowest BCUT2D eigenvalue weighted by atomic mass is 10.1. The number of aromatic amines is 1. The van der Waals surface area contributed by atoms with Crippen molar-refractivity contribution in [3.63, 3.8) is 0 Å². The molecule has 0 aliphatic heterocycles. The molecule has 0 radical (unpaired) electrons. The zero-order valence-electron chi connectivity index (χ0n) is 14.2. The second kappa shape index (κ2) is 8.23. The Morgan fingerprint density at radius 1 is 1.23 bits per heavy atom. The second-order valence-corrected chi connectivity index (χ2v) is 6.65. The Labute approximate surface area is 158 Å². The van der Waals surface area contributed by atoms with Gasteiger partial charge in [0.25, 0.3) is 5.56 Å². The van der Waals surface area contributed by atoms with Gasteiger partial charge in [0.1, 0.15) is 17.5 Å². The van der Waals surface area contributed by atoms with Gasteiger partial charge < -0.3 is 10.3 Å². The van der Waals surface area contributed by atoms with Crippen LogP contribution in [0.2, 0.25) is 0 Å². The second-order valence-electron chi connectivity index (χ2n) is 5.80. The predicted molar refractivity (Wildman–Crippen MR) is 104 cm³/mol. The minimum Gasteiger partial charge on any atom is -0.370 e. The summed E-state index contributed by atoms with van der Waals surface area (Å²) in [6, 6.07) is 10.2. The van der Waals surface area contributed by atoms with Crippen molar-refractivity contribution in [2.24, 2.45) is 0 Å². The van der Waals surface area contributed by atoms with E-state index in [1.165, 1.54) is 12.1 Å². The number of aryl methyl sites for hydroxylation is 1. The zero-order valence-corrected chi connectivity index (χ0v) is 15.8. The fourth-order valence-electron chi connectivity index (χ4n) is 2.49. The van der Waals surface area contributed by atoms with Crippen LogP contribution in [0.15, 0.2) is 51.9 Å². The average Bonchev–Trinajstić information content (AvgIpc) is 2.64. The SMILES string of the molecule is CCc1cc(=O)[nH]c(-c2ccc(NCCc3ccc(F)c(Br)c3)nc2)n1. The Morgan fingerprint density at radius 2 is 2.08 bits per heavy atom. The molecule has 1 aromatic carbocycles. The molecule has 0 fully saturated rings. The Hall–Kier alpha value is -2.54. The topological polar surface area (TPSA) is 70.7 Å². The van der Waals surface area contributed by atoms with Gasteiger partial charge in [0.05, 0.1) is 4.47 Å². The lowest BCUT2D eigenvalue weighted by molar-refractivity contribution is 0.620. The van der Waals surface area contributed by atoms with Crippen molar-refractivity contribution < 1.29 is 4.39 Å². The molecule has 2 aromatic heterocycles. The van der Waals surface area contributed by atoms with Crippen molar-refractivity contribution >= 4 is 21.7 Å². The van der Waals surface area contributed by atoms with Gasteiger partial charge in [-0.1, -0.05) is 13.0 Å². The molecule has 0 amide bonds. The van der Waals surface area contributed by atoms with E-state index in [0.29, 0.717) is 23.3 Å². The number of anilines is 1. The van der Waals surface area contributed by atoms with Crippen molar-refractivity contribution in [3.8, 4) is 11.4 Å². The molecule has 2 heterocycles. The fourth-order valence-corrected chi connectivity index (χ4v) is 2.92. The molecule has 0 saturated heterocycles. The number of hydrogen-bond donors (Lipinski definition) is 2. The van der Waals surface area contributed by atoms with Gasteiger partial charge in [0, 0.05) is 30.1 Å². The van der Waals surface area contributed by atoms with Crippen LogP contribution in [0.25, 0.3) is 11.4 Å². The summed E-state index contributed by atoms with van der Waals surface area (Å²) < 4.78 is 13.7. The smallest absolute Gasteiger partial charge is 0.251 e. The first kappa shape index (κ1) is 18.3. The van der Waals surface area contributed by atoms with Crippen LogP contribution in [0.5, 0.6) is 0 Å². The van der Waals surface area contributed by atoms with Crippen LogP contribution in [0, 0.1) is 5.82 Å². The number of nitrogens with zero attached hydrogens (tertiary/aromatic N) is 2. The quantitative estimate of drug-likeness (QED) is 0.637. The summed E-state index contributed by atoms with van der Waals surface area (Å²) >= 11 is 3.19. The lowest BCUT2D eigenvalue weighted by Crippen LogP contribution is -2.10. The standard InChI is InChI=1S/C19H18BrFN4O/c1-2-14-10-18(26)25-19(24-14)13-4-6-17(23-11-13)22-8-7-12-3-5-16(21)15(20)9-12/h3-6,9-11H,2,7-8H2,1H3,(H,22,23)(H,24,25,26). The van der Waals surface area contributed by atoms with Crippen molar-refractivity contribution in [1.82, 2.24) is 15.0 Å². The lowest BCUT2D eigenvalue weighted by Gasteiger charge is -2.08. The molecule has 0 unspecified atom stereocenters. The number of H-pyrrole nitrogens is 1. The van der Waals surface area contributed by atoms with E-state index in [1.807, 2.05) is 19.1 Å². The Balaban J connectivity index is 1.63. The summed E-state index contributed by atoms with van der Waals surface area (Å²) in [4.78, 5) is 23.2. The molecular weight excluding hydrogens is 399 g/mol. The van der Waals surface area contributed by atoms with Crippen molar-refractivity contribution in [2.45, 2.75) is 19.8 Å². The Kier molecular flexibility index (Phi) is 5.78. The van der Waals surface area contributed by atoms with Gasteiger partial charge in [0.15, 0.2) is 0 Å². The highest BCUT2D eigenvalue weighted by Crippen LogP contribution is 2.18. The van der Waals surface area contributed by atoms with E-state index >= 15 is 0 Å². The summed E-state index contributed by atoms with van der Waals surface area (Å²) in [5, 5.41) is 3.23. The maximum absolute atomic E-state index is 13.2. The van der Waals surface area contributed by atoms with Crippen LogP contribution in [-0.2, 0) is 12.8 Å². The number of halogens is 2. The largest absolute Gasteiger partial charge is 0.370 e. The third kappa shape index (κ3) is 4.54. The Bertz CT molecular complexity index is 956. The number of rotatable bonds is 6. The molecule has 3 aromatic rings. The normalized spacial score (nSPS) is 10.7. The van der Waals surface area contributed by atoms with Crippen LogP contribution in [0.1, 0.15) is 18.2 Å². The Morgan fingerprint density at radius 3 is 2.77 bits per heavy atom. The van der Waals surface area contributed by atoms with E-state index < -0.39 is 0 Å². The van der Waals surface area contributed by atoms with Crippen molar-refractivity contribution in [3.05, 3.63) is 74.5 Å². The number of benzene rings is 1. The summed E-state index contributed by atoms with van der Waals surface area (Å²) in [6.07, 6.45) is 3.12. The molecule has 0 spiro atoms. The minimum atomic E-state index is -0.266. The maximum Gasteiger partial charge on any atom is 0.251 e. The van der Waals surface area contributed by atoms with E-state index in [4.69, 9.17) is 0 Å². The number of hydrogen-bond acceptors (Lipinski definition) is 4. The van der Waals surface area contributed by atoms with Crippen molar-refractivity contribution in [2.75, 3.05) is 11.9 Å². The van der Waals surface area contributed by atoms with Crippen LogP contribution < -0.4 is 10.9 Å². The predicted octanol–water partition coefficient (Wildman–Crippen LogP) is 3.95. The summed E-state index contributed by atoms with van der Waals surface area (Å²) in [5.41, 5.74) is 2.36. The molecule has 0 atom stereocenters. The first-order chi connectivity index (χ1) is 12.5. The molecule has 3 rings (SSSR count). The highest BCUT2D eigenvalue weighted by Gasteiger charge is 2.05. The molecule has 0 saturated carbocycles. The van der Waals surface area contributed by atoms with E-state index in [9.17, 15) is 9.18 Å². The van der Waals surface area contributed by atoms with E-state index in [2.05, 4.69) is 36.2 Å². The number of aromatic nitrogens is 3. The summed E-state index contributed by atoms with van der Waals surface area (Å²) in [7, 11) is 0. The molecule has 2 N–H and O–H groups in total. The van der Waals surface area contributed by atoms with Gasteiger partial charge in [-0.3, -0.25) is 4.79 Å². The highest BCUT2D eigenvalue weighted by molar-refractivity contribution is 9.10. The van der Waals surface area contributed by atoms with E-state index in [1.54, 1.807) is 18.3 Å². The molecule has 134 valence electrons. The van der Waals surface area contributed by atoms with Crippen LogP contribution >= 0.6 is 15.9 Å². The van der Waals surface area contributed by atoms with Crippen LogP contribution in [0.3, 0.4) is 0 Å². The van der Waals surface area contributed by atoms with Crippen molar-refractivity contribution in [1.29, 1.82) is 0 Å². The molecule has 7 heteroatoms. The zero-order chi connectivity index (χ0) is 18.5. The molecule has 26 heavy (non-hydrogen) atoms. The van der Waals surface area contributed by atoms with Gasteiger partial charge in [-0.25, -0.2) is 14.4 Å². The summed E-state index contributed by atoms with van der Waals surface area (Å²) in [6.45, 7) is 2.63. The molecule has 5 nitrogen and oxygen atoms in total. The average molecular weight is 417 g/mol. The molecule has 0 aliphatic carbocycles. The first-order valence-corrected chi connectivity index (χ1v) is 9.09. The molecule has 0 bridgehead atoms. The van der Waals surface area contributed by atoms with Gasteiger partial charge >= 0.3 is 0 Å². The van der Waals surface area contributed by atoms with Crippen LogP contribution in [-0.4, -0.2) is 21.5 Å². The van der Waals surface area contributed by atoms with E-state index in [0.717, 1.165) is 29.1 Å². The fraction of sp³-hybridized carbons (Fsp3) is 0.211. The highest BCUT2D eigenvalue weighted by atomic mass is 79.9.